The molecule has 0 aromatic rings. The number of nitrogens with one attached hydrogen (secondary N) is 1. The van der Waals surface area contributed by atoms with Crippen LogP contribution in [0.25, 0.3) is 0 Å². The second-order valence-corrected chi connectivity index (χ2v) is 2.66. The van der Waals surface area contributed by atoms with Crippen LogP contribution in [0.4, 0.5) is 0 Å². The van der Waals surface area contributed by atoms with Crippen LogP contribution >= 0.6 is 0 Å². The van der Waals surface area contributed by atoms with E-state index in [9.17, 15) is 4.79 Å². The summed E-state index contributed by atoms with van der Waals surface area (Å²) in [6, 6.07) is 0.155. The van der Waals surface area contributed by atoms with Gasteiger partial charge in [-0.2, -0.15) is 0 Å². The topological polar surface area (TPSA) is 38.3 Å². The first kappa shape index (κ1) is 8.27. The van der Waals surface area contributed by atoms with Gasteiger partial charge in [0.15, 0.2) is 0 Å². The molecule has 0 aliphatic carbocycles. The van der Waals surface area contributed by atoms with Gasteiger partial charge >= 0.3 is 5.97 Å². The summed E-state index contributed by atoms with van der Waals surface area (Å²) in [6.45, 7) is 3.65. The summed E-state index contributed by atoms with van der Waals surface area (Å²) < 4.78 is 4.59. The quantitative estimate of drug-likeness (QED) is 0.465. The molecule has 1 fully saturated rings. The summed E-state index contributed by atoms with van der Waals surface area (Å²) >= 11 is 0. The van der Waals surface area contributed by atoms with Crippen LogP contribution in [0.15, 0.2) is 12.7 Å². The lowest BCUT2D eigenvalue weighted by Gasteiger charge is -2.08. The maximum Gasteiger partial charge on any atom is 0.322 e. The fraction of sp³-hybridized carbons (Fsp3) is 0.625. The van der Waals surface area contributed by atoms with Crippen molar-refractivity contribution in [2.24, 2.45) is 0 Å². The molecule has 0 saturated carbocycles. The van der Waals surface area contributed by atoms with E-state index >= 15 is 0 Å². The van der Waals surface area contributed by atoms with Gasteiger partial charge in [-0.15, -0.1) is 6.58 Å². The molecule has 0 aromatic heterocycles. The number of hydrogen-bond donors (Lipinski definition) is 1. The van der Waals surface area contributed by atoms with Crippen molar-refractivity contribution in [1.82, 2.24) is 5.32 Å². The van der Waals surface area contributed by atoms with E-state index in [0.29, 0.717) is 0 Å². The van der Waals surface area contributed by atoms with Crippen molar-refractivity contribution >= 4 is 5.97 Å². The Kier molecular flexibility index (Phi) is 2.65. The number of carbonyl (C=O) groups excluding carboxylic acids is 1. The number of methoxy groups -OCH3 is 1. The molecule has 0 spiro atoms. The lowest BCUT2D eigenvalue weighted by molar-refractivity contribution is -0.142. The SMILES string of the molecule is C=CC1CCC(C(=O)OC)N1. The molecule has 0 bridgehead atoms. The van der Waals surface area contributed by atoms with Gasteiger partial charge in [0, 0.05) is 6.04 Å². The lowest BCUT2D eigenvalue weighted by atomic mass is 10.2. The Morgan fingerprint density at radius 2 is 2.45 bits per heavy atom. The first-order valence-electron chi connectivity index (χ1n) is 3.74. The summed E-state index contributed by atoms with van der Waals surface area (Å²) in [5.74, 6) is -0.172. The highest BCUT2D eigenvalue weighted by atomic mass is 16.5. The molecule has 0 radical (unpaired) electrons. The summed E-state index contributed by atoms with van der Waals surface area (Å²) in [6.07, 6.45) is 3.65. The largest absolute Gasteiger partial charge is 0.468 e. The average Bonchev–Trinajstić information content (AvgIpc) is 2.50. The predicted molar refractivity (Wildman–Crippen MR) is 42.2 cm³/mol. The van der Waals surface area contributed by atoms with Crippen molar-refractivity contribution in [3.8, 4) is 0 Å². The van der Waals surface area contributed by atoms with Gasteiger partial charge in [-0.05, 0) is 12.8 Å². The van der Waals surface area contributed by atoms with Gasteiger partial charge in [0.2, 0.25) is 0 Å². The normalized spacial score (nSPS) is 29.9. The number of esters is 1. The number of rotatable bonds is 2. The van der Waals surface area contributed by atoms with Crippen LogP contribution in [0.3, 0.4) is 0 Å². The Labute approximate surface area is 66.4 Å². The monoisotopic (exact) mass is 155 g/mol. The molecule has 2 atom stereocenters. The lowest BCUT2D eigenvalue weighted by Crippen LogP contribution is -2.35. The number of ether oxygens (including phenoxy) is 1. The maximum absolute atomic E-state index is 11.0. The molecule has 1 N–H and O–H groups in total. The highest BCUT2D eigenvalue weighted by Gasteiger charge is 2.27. The van der Waals surface area contributed by atoms with Gasteiger partial charge in [-0.3, -0.25) is 10.1 Å². The minimum absolute atomic E-state index is 0.122. The Hall–Kier alpha value is -0.830. The van der Waals surface area contributed by atoms with Gasteiger partial charge in [0.25, 0.3) is 0 Å². The van der Waals surface area contributed by atoms with Crippen LogP contribution in [0.5, 0.6) is 0 Å². The van der Waals surface area contributed by atoms with E-state index < -0.39 is 0 Å². The van der Waals surface area contributed by atoms with E-state index in [0.717, 1.165) is 12.8 Å². The van der Waals surface area contributed by atoms with Gasteiger partial charge < -0.3 is 4.74 Å². The molecule has 1 saturated heterocycles. The molecule has 1 aliphatic heterocycles. The van der Waals surface area contributed by atoms with E-state index in [-0.39, 0.29) is 18.1 Å². The van der Waals surface area contributed by atoms with Gasteiger partial charge in [-0.1, -0.05) is 6.08 Å². The molecule has 1 aliphatic rings. The molecule has 11 heavy (non-hydrogen) atoms. The maximum atomic E-state index is 11.0. The fourth-order valence-electron chi connectivity index (χ4n) is 1.29. The summed E-state index contributed by atoms with van der Waals surface area (Å²) in [5, 5.41) is 3.10. The highest BCUT2D eigenvalue weighted by molar-refractivity contribution is 5.76. The molecule has 62 valence electrons. The summed E-state index contributed by atoms with van der Waals surface area (Å²) in [7, 11) is 1.41. The van der Waals surface area contributed by atoms with E-state index in [1.807, 2.05) is 6.08 Å². The van der Waals surface area contributed by atoms with E-state index in [4.69, 9.17) is 0 Å². The molecule has 0 aromatic carbocycles. The Bertz CT molecular complexity index is 167. The first-order chi connectivity index (χ1) is 5.27. The summed E-state index contributed by atoms with van der Waals surface area (Å²) in [5.41, 5.74) is 0. The van der Waals surface area contributed by atoms with E-state index in [2.05, 4.69) is 16.6 Å². The smallest absolute Gasteiger partial charge is 0.322 e. The number of carbonyl (C=O) groups is 1. The standard InChI is InChI=1S/C8H13NO2/c1-3-6-4-5-7(9-6)8(10)11-2/h3,6-7,9H,1,4-5H2,2H3. The van der Waals surface area contributed by atoms with E-state index in [1.165, 1.54) is 7.11 Å². The molecular weight excluding hydrogens is 142 g/mol. The fourth-order valence-corrected chi connectivity index (χ4v) is 1.29. The van der Waals surface area contributed by atoms with Gasteiger partial charge in [0.05, 0.1) is 7.11 Å². The molecule has 2 unspecified atom stereocenters. The van der Waals surface area contributed by atoms with Crippen molar-refractivity contribution in [2.75, 3.05) is 7.11 Å². The third-order valence-corrected chi connectivity index (χ3v) is 1.95. The molecule has 0 amide bonds. The van der Waals surface area contributed by atoms with Crippen LogP contribution in [-0.2, 0) is 9.53 Å². The highest BCUT2D eigenvalue weighted by Crippen LogP contribution is 2.13. The van der Waals surface area contributed by atoms with Crippen LogP contribution < -0.4 is 5.32 Å². The minimum atomic E-state index is -0.172. The first-order valence-corrected chi connectivity index (χ1v) is 3.74. The van der Waals surface area contributed by atoms with Crippen LogP contribution in [0.1, 0.15) is 12.8 Å². The van der Waals surface area contributed by atoms with Gasteiger partial charge in [-0.25, -0.2) is 0 Å². The molecule has 1 rings (SSSR count). The van der Waals surface area contributed by atoms with Crippen LogP contribution in [-0.4, -0.2) is 25.2 Å². The average molecular weight is 155 g/mol. The predicted octanol–water partition coefficient (Wildman–Crippen LogP) is 0.466. The third-order valence-electron chi connectivity index (χ3n) is 1.95. The third kappa shape index (κ3) is 1.80. The zero-order valence-corrected chi connectivity index (χ0v) is 6.67. The molecule has 1 heterocycles. The second-order valence-electron chi connectivity index (χ2n) is 2.66. The summed E-state index contributed by atoms with van der Waals surface area (Å²) in [4.78, 5) is 11.0. The van der Waals surface area contributed by atoms with Crippen LogP contribution in [0.2, 0.25) is 0 Å². The second kappa shape index (κ2) is 3.53. The molecule has 3 nitrogen and oxygen atoms in total. The number of hydrogen-bond acceptors (Lipinski definition) is 3. The zero-order chi connectivity index (χ0) is 8.27. The minimum Gasteiger partial charge on any atom is -0.468 e. The van der Waals surface area contributed by atoms with Crippen molar-refractivity contribution in [1.29, 1.82) is 0 Å². The Balaban J connectivity index is 2.41. The Morgan fingerprint density at radius 1 is 1.73 bits per heavy atom. The molecule has 3 heteroatoms. The zero-order valence-electron chi connectivity index (χ0n) is 6.67. The van der Waals surface area contributed by atoms with Crippen molar-refractivity contribution < 1.29 is 9.53 Å². The van der Waals surface area contributed by atoms with Gasteiger partial charge in [0.1, 0.15) is 6.04 Å². The van der Waals surface area contributed by atoms with Crippen molar-refractivity contribution in [3.05, 3.63) is 12.7 Å². The molecular formula is C8H13NO2. The van der Waals surface area contributed by atoms with E-state index in [1.54, 1.807) is 0 Å². The van der Waals surface area contributed by atoms with Crippen molar-refractivity contribution in [3.63, 3.8) is 0 Å². The van der Waals surface area contributed by atoms with Crippen LogP contribution in [0, 0.1) is 0 Å². The Morgan fingerprint density at radius 3 is 2.91 bits per heavy atom. The van der Waals surface area contributed by atoms with Crippen molar-refractivity contribution in [2.45, 2.75) is 24.9 Å².